The van der Waals surface area contributed by atoms with Gasteiger partial charge in [0.25, 0.3) is 0 Å². The summed E-state index contributed by atoms with van der Waals surface area (Å²) in [6, 6.07) is 8.23. The summed E-state index contributed by atoms with van der Waals surface area (Å²) >= 11 is 0. The minimum Gasteiger partial charge on any atom is -0.302 e. The minimum atomic E-state index is 0.469. The van der Waals surface area contributed by atoms with Gasteiger partial charge < -0.3 is 4.90 Å². The summed E-state index contributed by atoms with van der Waals surface area (Å²) in [6.45, 7) is 3.63. The molecular weight excluding hydrogens is 310 g/mol. The van der Waals surface area contributed by atoms with E-state index in [1.54, 1.807) is 0 Å². The summed E-state index contributed by atoms with van der Waals surface area (Å²) in [5, 5.41) is 4.82. The summed E-state index contributed by atoms with van der Waals surface area (Å²) < 4.78 is 1.94. The first-order valence-corrected chi connectivity index (χ1v) is 9.34. The predicted octanol–water partition coefficient (Wildman–Crippen LogP) is 3.38. The van der Waals surface area contributed by atoms with Crippen LogP contribution in [0.2, 0.25) is 0 Å². The first kappa shape index (κ1) is 15.0. The van der Waals surface area contributed by atoms with E-state index in [-0.39, 0.29) is 0 Å². The number of likely N-dealkylation sites (tertiary alicyclic amines) is 1. The van der Waals surface area contributed by atoms with Crippen molar-refractivity contribution in [3.05, 3.63) is 48.7 Å². The highest BCUT2D eigenvalue weighted by molar-refractivity contribution is 5.63. The van der Waals surface area contributed by atoms with Crippen molar-refractivity contribution >= 4 is 5.65 Å². The number of piperidine rings is 1. The second-order valence-corrected chi connectivity index (χ2v) is 7.47. The van der Waals surface area contributed by atoms with Crippen molar-refractivity contribution in [3.63, 3.8) is 0 Å². The highest BCUT2D eigenvalue weighted by Gasteiger charge is 2.29. The molecule has 4 heterocycles. The summed E-state index contributed by atoms with van der Waals surface area (Å²) in [5.41, 5.74) is 3.24. The molecule has 0 unspecified atom stereocenters. The third-order valence-electron chi connectivity index (χ3n) is 5.44. The van der Waals surface area contributed by atoms with Crippen molar-refractivity contribution in [1.82, 2.24) is 24.5 Å². The van der Waals surface area contributed by atoms with Crippen LogP contribution in [0, 0.1) is 5.92 Å². The van der Waals surface area contributed by atoms with Crippen LogP contribution in [0.5, 0.6) is 0 Å². The van der Waals surface area contributed by atoms with E-state index in [1.807, 2.05) is 29.0 Å². The molecule has 2 fully saturated rings. The molecule has 0 spiro atoms. The lowest BCUT2D eigenvalue weighted by atomic mass is 9.97. The Morgan fingerprint density at radius 1 is 1.00 bits per heavy atom. The van der Waals surface area contributed by atoms with Gasteiger partial charge >= 0.3 is 0 Å². The molecule has 128 valence electrons. The molecule has 1 saturated carbocycles. The Balaban J connectivity index is 1.40. The number of pyridine rings is 2. The monoisotopic (exact) mass is 333 g/mol. The van der Waals surface area contributed by atoms with Gasteiger partial charge in [-0.25, -0.2) is 9.50 Å². The zero-order chi connectivity index (χ0) is 16.6. The number of rotatable bonds is 4. The molecule has 1 atom stereocenters. The molecule has 1 aliphatic carbocycles. The topological polar surface area (TPSA) is 46.3 Å². The number of hydrogen-bond donors (Lipinski definition) is 0. The van der Waals surface area contributed by atoms with E-state index in [2.05, 4.69) is 28.2 Å². The fourth-order valence-electron chi connectivity index (χ4n) is 3.89. The molecule has 0 radical (unpaired) electrons. The van der Waals surface area contributed by atoms with E-state index in [0.29, 0.717) is 5.92 Å². The van der Waals surface area contributed by atoms with E-state index in [4.69, 9.17) is 10.1 Å². The van der Waals surface area contributed by atoms with Gasteiger partial charge in [-0.1, -0.05) is 0 Å². The van der Waals surface area contributed by atoms with Gasteiger partial charge in [-0.15, -0.1) is 0 Å². The number of hydrogen-bond acceptors (Lipinski definition) is 4. The molecule has 0 bridgehead atoms. The quantitative estimate of drug-likeness (QED) is 0.734. The highest BCUT2D eigenvalue weighted by Crippen LogP contribution is 2.33. The molecule has 3 aromatic rings. The molecule has 0 amide bonds. The lowest BCUT2D eigenvalue weighted by molar-refractivity contribution is 0.197. The summed E-state index contributed by atoms with van der Waals surface area (Å²) in [4.78, 5) is 11.5. The van der Waals surface area contributed by atoms with Crippen molar-refractivity contribution in [1.29, 1.82) is 0 Å². The summed E-state index contributed by atoms with van der Waals surface area (Å²) in [5.74, 6) is 2.43. The fraction of sp³-hybridized carbons (Fsp3) is 0.450. The fourth-order valence-corrected chi connectivity index (χ4v) is 3.89. The molecule has 25 heavy (non-hydrogen) atoms. The van der Waals surface area contributed by atoms with Gasteiger partial charge in [-0.2, -0.15) is 5.10 Å². The molecule has 2 aliphatic rings. The average molecular weight is 333 g/mol. The maximum absolute atomic E-state index is 4.82. The number of fused-ring (bicyclic) bond motifs is 1. The molecule has 5 heteroatoms. The van der Waals surface area contributed by atoms with Gasteiger partial charge in [0.1, 0.15) is 0 Å². The van der Waals surface area contributed by atoms with Crippen molar-refractivity contribution in [3.8, 4) is 11.1 Å². The molecular formula is C20H23N5. The van der Waals surface area contributed by atoms with Gasteiger partial charge in [-0.05, 0) is 68.0 Å². The third kappa shape index (κ3) is 3.16. The Morgan fingerprint density at radius 3 is 2.72 bits per heavy atom. The zero-order valence-electron chi connectivity index (χ0n) is 14.4. The van der Waals surface area contributed by atoms with Crippen LogP contribution in [0.25, 0.3) is 16.8 Å². The highest BCUT2D eigenvalue weighted by atomic mass is 15.3. The van der Waals surface area contributed by atoms with Gasteiger partial charge in [0.15, 0.2) is 11.5 Å². The third-order valence-corrected chi connectivity index (χ3v) is 5.44. The number of nitrogens with zero attached hydrogens (tertiary/aromatic N) is 5. The van der Waals surface area contributed by atoms with Crippen LogP contribution in [0.15, 0.2) is 42.9 Å². The first-order valence-electron chi connectivity index (χ1n) is 9.34. The van der Waals surface area contributed by atoms with E-state index < -0.39 is 0 Å². The molecule has 1 saturated heterocycles. The van der Waals surface area contributed by atoms with E-state index >= 15 is 0 Å². The molecule has 1 aliphatic heterocycles. The van der Waals surface area contributed by atoms with Crippen LogP contribution >= 0.6 is 0 Å². The Hall–Kier alpha value is -2.27. The van der Waals surface area contributed by atoms with Crippen LogP contribution in [-0.2, 0) is 0 Å². The molecule has 0 aromatic carbocycles. The van der Waals surface area contributed by atoms with Crippen molar-refractivity contribution < 1.29 is 0 Å². The standard InChI is InChI=1S/C20H23N5/c1-2-18(13-24(11-1)12-15-3-4-15)20-22-19-6-5-17(14-25(19)23-20)16-7-9-21-10-8-16/h5-10,14-15,18H,1-4,11-13H2/t18-/m0/s1. The van der Waals surface area contributed by atoms with Crippen LogP contribution in [0.4, 0.5) is 0 Å². The number of aromatic nitrogens is 4. The summed E-state index contributed by atoms with van der Waals surface area (Å²) in [6.07, 6.45) is 11.0. The zero-order valence-corrected chi connectivity index (χ0v) is 14.4. The largest absolute Gasteiger partial charge is 0.302 e. The van der Waals surface area contributed by atoms with Gasteiger partial charge in [-0.3, -0.25) is 4.98 Å². The maximum atomic E-state index is 4.82. The van der Waals surface area contributed by atoms with Crippen LogP contribution in [-0.4, -0.2) is 44.1 Å². The minimum absolute atomic E-state index is 0.469. The van der Waals surface area contributed by atoms with E-state index in [9.17, 15) is 0 Å². The van der Waals surface area contributed by atoms with Gasteiger partial charge in [0.2, 0.25) is 0 Å². The molecule has 5 rings (SSSR count). The second kappa shape index (κ2) is 6.23. The Morgan fingerprint density at radius 2 is 1.88 bits per heavy atom. The van der Waals surface area contributed by atoms with Gasteiger partial charge in [0.05, 0.1) is 0 Å². The maximum Gasteiger partial charge on any atom is 0.156 e. The molecule has 0 N–H and O–H groups in total. The van der Waals surface area contributed by atoms with Crippen molar-refractivity contribution in [2.45, 2.75) is 31.6 Å². The molecule has 5 nitrogen and oxygen atoms in total. The smallest absolute Gasteiger partial charge is 0.156 e. The predicted molar refractivity (Wildman–Crippen MR) is 97.4 cm³/mol. The Labute approximate surface area is 147 Å². The lowest BCUT2D eigenvalue weighted by Crippen LogP contribution is -2.36. The molecule has 3 aromatic heterocycles. The first-order chi connectivity index (χ1) is 12.3. The normalized spacial score (nSPS) is 21.7. The van der Waals surface area contributed by atoms with E-state index in [1.165, 1.54) is 38.8 Å². The average Bonchev–Trinajstić information content (AvgIpc) is 3.37. The Bertz CT molecular complexity index is 868. The Kier molecular flexibility index (Phi) is 3.74. The van der Waals surface area contributed by atoms with Crippen LogP contribution in [0.3, 0.4) is 0 Å². The SMILES string of the molecule is c1cc(-c2ccc3nc([C@H]4CCCN(CC5CC5)C4)nn3c2)ccn1. The lowest BCUT2D eigenvalue weighted by Gasteiger charge is -2.31. The van der Waals surface area contributed by atoms with E-state index in [0.717, 1.165) is 35.1 Å². The van der Waals surface area contributed by atoms with Crippen LogP contribution < -0.4 is 0 Å². The van der Waals surface area contributed by atoms with Crippen molar-refractivity contribution in [2.75, 3.05) is 19.6 Å². The van der Waals surface area contributed by atoms with Crippen LogP contribution in [0.1, 0.15) is 37.4 Å². The van der Waals surface area contributed by atoms with Gasteiger partial charge in [0, 0.05) is 43.2 Å². The van der Waals surface area contributed by atoms with Crippen molar-refractivity contribution in [2.24, 2.45) is 5.92 Å². The second-order valence-electron chi connectivity index (χ2n) is 7.47. The summed E-state index contributed by atoms with van der Waals surface area (Å²) in [7, 11) is 0.